The van der Waals surface area contributed by atoms with Crippen molar-refractivity contribution in [3.8, 4) is 0 Å². The fourth-order valence-corrected chi connectivity index (χ4v) is 1.34. The van der Waals surface area contributed by atoms with Crippen LogP contribution in [0.1, 0.15) is 18.1 Å². The zero-order chi connectivity index (χ0) is 10.6. The summed E-state index contributed by atoms with van der Waals surface area (Å²) in [4.78, 5) is 0. The van der Waals surface area contributed by atoms with Crippen molar-refractivity contribution in [2.75, 3.05) is 0 Å². The van der Waals surface area contributed by atoms with Gasteiger partial charge in [0.25, 0.3) is 0 Å². The molecule has 0 heteroatoms. The minimum absolute atomic E-state index is 1.04. The lowest BCUT2D eigenvalue weighted by molar-refractivity contribution is 1.42. The van der Waals surface area contributed by atoms with Gasteiger partial charge in [0, 0.05) is 0 Å². The zero-order valence-electron chi connectivity index (χ0n) is 8.88. The molecule has 72 valence electrons. The highest BCUT2D eigenvalue weighted by Crippen LogP contribution is 2.19. The van der Waals surface area contributed by atoms with Gasteiger partial charge in [-0.15, -0.1) is 0 Å². The van der Waals surface area contributed by atoms with E-state index in [0.717, 1.165) is 11.1 Å². The molecule has 0 saturated heterocycles. The second kappa shape index (κ2) is 4.61. The van der Waals surface area contributed by atoms with E-state index in [-0.39, 0.29) is 0 Å². The summed E-state index contributed by atoms with van der Waals surface area (Å²) in [5, 5.41) is 0. The molecule has 0 radical (unpaired) electrons. The smallest absolute Gasteiger partial charge is 0.0161 e. The first-order chi connectivity index (χ1) is 6.65. The number of hydrogen-bond acceptors (Lipinski definition) is 0. The first-order valence-electron chi connectivity index (χ1n) is 4.71. The van der Waals surface area contributed by atoms with Crippen LogP contribution in [0.4, 0.5) is 0 Å². The average molecular weight is 184 g/mol. The van der Waals surface area contributed by atoms with Crippen LogP contribution < -0.4 is 0 Å². The number of rotatable bonds is 3. The maximum Gasteiger partial charge on any atom is -0.0161 e. The largest absolute Gasteiger partial charge is 0.0988 e. The van der Waals surface area contributed by atoms with E-state index in [2.05, 4.69) is 38.3 Å². The van der Waals surface area contributed by atoms with Crippen LogP contribution in [0.3, 0.4) is 0 Å². The molecule has 14 heavy (non-hydrogen) atoms. The molecule has 0 amide bonds. The summed E-state index contributed by atoms with van der Waals surface area (Å²) in [6, 6.07) is 8.25. The molecule has 0 bridgehead atoms. The third-order valence-corrected chi connectivity index (χ3v) is 2.21. The van der Waals surface area contributed by atoms with E-state index in [4.69, 9.17) is 0 Å². The van der Waals surface area contributed by atoms with Crippen LogP contribution in [0.2, 0.25) is 0 Å². The predicted molar refractivity (Wildman–Crippen MR) is 64.2 cm³/mol. The quantitative estimate of drug-likeness (QED) is 0.619. The lowest BCUT2D eigenvalue weighted by Gasteiger charge is -2.05. The average Bonchev–Trinajstić information content (AvgIpc) is 2.18. The molecule has 0 nitrogen and oxygen atoms in total. The van der Waals surface area contributed by atoms with E-state index in [1.165, 1.54) is 11.1 Å². The van der Waals surface area contributed by atoms with Crippen LogP contribution in [-0.2, 0) is 0 Å². The molecular formula is C14H16. The van der Waals surface area contributed by atoms with Gasteiger partial charge >= 0.3 is 0 Å². The normalized spacial score (nSPS) is 11.1. The third-order valence-electron chi connectivity index (χ3n) is 2.21. The Kier molecular flexibility index (Phi) is 3.47. The van der Waals surface area contributed by atoms with Gasteiger partial charge in [-0.05, 0) is 30.5 Å². The number of hydrogen-bond donors (Lipinski definition) is 0. The van der Waals surface area contributed by atoms with Crippen molar-refractivity contribution in [1.82, 2.24) is 0 Å². The van der Waals surface area contributed by atoms with Gasteiger partial charge in [0.2, 0.25) is 0 Å². The van der Waals surface area contributed by atoms with Crippen molar-refractivity contribution >= 4 is 5.57 Å². The molecule has 0 N–H and O–H groups in total. The highest BCUT2D eigenvalue weighted by atomic mass is 14.0. The Morgan fingerprint density at radius 2 is 1.93 bits per heavy atom. The summed E-state index contributed by atoms with van der Waals surface area (Å²) in [5.74, 6) is 0. The van der Waals surface area contributed by atoms with Crippen molar-refractivity contribution in [2.24, 2.45) is 0 Å². The number of allylic oxidation sites excluding steroid dienone is 4. The molecular weight excluding hydrogens is 168 g/mol. The highest BCUT2D eigenvalue weighted by molar-refractivity contribution is 5.75. The van der Waals surface area contributed by atoms with E-state index < -0.39 is 0 Å². The Morgan fingerprint density at radius 1 is 1.29 bits per heavy atom. The number of aryl methyl sites for hydroxylation is 1. The Bertz CT molecular complexity index is 381. The van der Waals surface area contributed by atoms with Crippen molar-refractivity contribution in [1.29, 1.82) is 0 Å². The summed E-state index contributed by atoms with van der Waals surface area (Å²) in [5.41, 5.74) is 4.64. The maximum atomic E-state index is 4.05. The van der Waals surface area contributed by atoms with Gasteiger partial charge in [-0.1, -0.05) is 55.1 Å². The van der Waals surface area contributed by atoms with Gasteiger partial charge in [-0.2, -0.15) is 0 Å². The summed E-state index contributed by atoms with van der Waals surface area (Å²) in [7, 11) is 0. The van der Waals surface area contributed by atoms with E-state index in [1.807, 2.05) is 25.1 Å². The fourth-order valence-electron chi connectivity index (χ4n) is 1.34. The Labute approximate surface area is 86.3 Å². The molecule has 0 spiro atoms. The Hall–Kier alpha value is -1.56. The van der Waals surface area contributed by atoms with Crippen LogP contribution in [0.5, 0.6) is 0 Å². The Morgan fingerprint density at radius 3 is 2.50 bits per heavy atom. The number of benzene rings is 1. The van der Waals surface area contributed by atoms with E-state index in [1.54, 1.807) is 0 Å². The third kappa shape index (κ3) is 2.46. The molecule has 0 saturated carbocycles. The lowest BCUT2D eigenvalue weighted by atomic mass is 10.0. The van der Waals surface area contributed by atoms with E-state index >= 15 is 0 Å². The van der Waals surface area contributed by atoms with Crippen molar-refractivity contribution in [3.63, 3.8) is 0 Å². The first kappa shape index (κ1) is 10.5. The molecule has 1 rings (SSSR count). The molecule has 0 atom stereocenters. The minimum atomic E-state index is 1.04. The van der Waals surface area contributed by atoms with Crippen molar-refractivity contribution in [3.05, 3.63) is 66.3 Å². The first-order valence-corrected chi connectivity index (χ1v) is 4.71. The van der Waals surface area contributed by atoms with Crippen LogP contribution in [-0.4, -0.2) is 0 Å². The summed E-state index contributed by atoms with van der Waals surface area (Å²) in [6.07, 6.45) is 3.89. The van der Waals surface area contributed by atoms with Gasteiger partial charge in [0.05, 0.1) is 0 Å². The summed E-state index contributed by atoms with van der Waals surface area (Å²) < 4.78 is 0. The molecule has 0 unspecified atom stereocenters. The van der Waals surface area contributed by atoms with Crippen LogP contribution in [0, 0.1) is 6.92 Å². The van der Waals surface area contributed by atoms with Gasteiger partial charge in [-0.3, -0.25) is 0 Å². The molecule has 1 aromatic rings. The lowest BCUT2D eigenvalue weighted by Crippen LogP contribution is -1.84. The van der Waals surface area contributed by atoms with Crippen LogP contribution >= 0.6 is 0 Å². The molecule has 0 aliphatic rings. The standard InChI is InChI=1S/C14H16/c1-5-11(2)10-13(4)14-9-7-6-8-12(14)3/h5-10H,1,4H2,2-3H3/b11-10-. The monoisotopic (exact) mass is 184 g/mol. The van der Waals surface area contributed by atoms with E-state index in [0.29, 0.717) is 0 Å². The summed E-state index contributed by atoms with van der Waals surface area (Å²) in [6.45, 7) is 11.9. The second-order valence-corrected chi connectivity index (χ2v) is 3.43. The SMILES string of the molecule is C=C/C(C)=C\C(=C)c1ccccc1C. The van der Waals surface area contributed by atoms with Gasteiger partial charge < -0.3 is 0 Å². The fraction of sp³-hybridized carbons (Fsp3) is 0.143. The molecule has 1 aromatic carbocycles. The van der Waals surface area contributed by atoms with E-state index in [9.17, 15) is 0 Å². The maximum absolute atomic E-state index is 4.05. The highest BCUT2D eigenvalue weighted by Gasteiger charge is 1.98. The summed E-state index contributed by atoms with van der Waals surface area (Å²) >= 11 is 0. The topological polar surface area (TPSA) is 0 Å². The second-order valence-electron chi connectivity index (χ2n) is 3.43. The van der Waals surface area contributed by atoms with Gasteiger partial charge in [0.1, 0.15) is 0 Å². The zero-order valence-corrected chi connectivity index (χ0v) is 8.88. The molecule has 0 aliphatic carbocycles. The van der Waals surface area contributed by atoms with Gasteiger partial charge in [-0.25, -0.2) is 0 Å². The predicted octanol–water partition coefficient (Wildman–Crippen LogP) is 4.14. The van der Waals surface area contributed by atoms with Crippen LogP contribution in [0.25, 0.3) is 5.57 Å². The Balaban J connectivity index is 3.02. The molecule has 0 heterocycles. The molecule has 0 aromatic heterocycles. The molecule has 0 aliphatic heterocycles. The van der Waals surface area contributed by atoms with Gasteiger partial charge in [0.15, 0.2) is 0 Å². The van der Waals surface area contributed by atoms with Crippen molar-refractivity contribution < 1.29 is 0 Å². The van der Waals surface area contributed by atoms with Crippen molar-refractivity contribution in [2.45, 2.75) is 13.8 Å². The molecule has 0 fully saturated rings. The minimum Gasteiger partial charge on any atom is -0.0988 e. The van der Waals surface area contributed by atoms with Crippen LogP contribution in [0.15, 0.2) is 55.1 Å².